The molecular weight excluding hydrogens is 480 g/mol. The third kappa shape index (κ3) is 8.34. The SMILES string of the molecule is Nc1ccccc1OC(C(Oc1ccccc1N)N(CC(=O)O)CC(=O)O)N(CC(=O)O)CC(=O)O. The zero-order valence-electron chi connectivity index (χ0n) is 18.9. The Balaban J connectivity index is 2.70. The normalized spacial score (nSPS) is 12.6. The van der Waals surface area contributed by atoms with E-state index in [2.05, 4.69) is 0 Å². The number of nitrogens with two attached hydrogens (primary N) is 2. The quantitative estimate of drug-likeness (QED) is 0.137. The standard InChI is InChI=1S/C22H26N4O10/c23-13-5-1-3-7-15(13)35-21(25(9-17(27)28)10-18(29)30)22(26(11-19(31)32)12-20(33)34)36-16-8-4-2-6-14(16)24/h1-8,21-22H,9-12,23-24H2,(H,27,28)(H,29,30)(H,31,32)(H,33,34). The van der Waals surface area contributed by atoms with Gasteiger partial charge in [-0.3, -0.25) is 19.2 Å². The Labute approximate surface area is 204 Å². The van der Waals surface area contributed by atoms with E-state index in [1.807, 2.05) is 0 Å². The monoisotopic (exact) mass is 506 g/mol. The largest absolute Gasteiger partial charge is 0.480 e. The highest BCUT2D eigenvalue weighted by atomic mass is 16.6. The highest BCUT2D eigenvalue weighted by Crippen LogP contribution is 2.28. The van der Waals surface area contributed by atoms with Gasteiger partial charge in [-0.25, -0.2) is 9.80 Å². The van der Waals surface area contributed by atoms with Gasteiger partial charge in [-0.2, -0.15) is 0 Å². The third-order valence-electron chi connectivity index (χ3n) is 4.65. The fourth-order valence-electron chi connectivity index (χ4n) is 3.23. The van der Waals surface area contributed by atoms with Crippen molar-refractivity contribution in [1.29, 1.82) is 0 Å². The summed E-state index contributed by atoms with van der Waals surface area (Å²) < 4.78 is 11.8. The van der Waals surface area contributed by atoms with Gasteiger partial charge in [-0.05, 0) is 24.3 Å². The van der Waals surface area contributed by atoms with E-state index in [1.165, 1.54) is 24.3 Å². The number of aliphatic carboxylic acids is 4. The predicted octanol–water partition coefficient (Wildman–Crippen LogP) is -0.0966. The van der Waals surface area contributed by atoms with Crippen LogP contribution in [0.4, 0.5) is 11.4 Å². The first-order valence-electron chi connectivity index (χ1n) is 10.4. The minimum Gasteiger partial charge on any atom is -0.480 e. The van der Waals surface area contributed by atoms with Gasteiger partial charge in [-0.15, -0.1) is 0 Å². The molecule has 0 aliphatic carbocycles. The molecule has 2 unspecified atom stereocenters. The van der Waals surface area contributed by atoms with Crippen LogP contribution >= 0.6 is 0 Å². The molecule has 0 amide bonds. The summed E-state index contributed by atoms with van der Waals surface area (Å²) in [5.41, 5.74) is 12.1. The van der Waals surface area contributed by atoms with Crippen LogP contribution in [-0.4, -0.2) is 92.7 Å². The van der Waals surface area contributed by atoms with Gasteiger partial charge < -0.3 is 41.4 Å². The third-order valence-corrected chi connectivity index (χ3v) is 4.65. The van der Waals surface area contributed by atoms with E-state index in [4.69, 9.17) is 20.9 Å². The molecule has 2 aromatic rings. The molecule has 14 nitrogen and oxygen atoms in total. The molecule has 0 bridgehead atoms. The molecular formula is C22H26N4O10. The average molecular weight is 506 g/mol. The Bertz CT molecular complexity index is 979. The molecule has 0 saturated carbocycles. The second kappa shape index (κ2) is 12.8. The number of carboxylic acids is 4. The lowest BCUT2D eigenvalue weighted by Gasteiger charge is -2.40. The molecule has 0 fully saturated rings. The molecule has 8 N–H and O–H groups in total. The molecule has 0 aliphatic rings. The number of rotatable bonds is 15. The smallest absolute Gasteiger partial charge is 0.317 e. The van der Waals surface area contributed by atoms with E-state index in [0.29, 0.717) is 0 Å². The summed E-state index contributed by atoms with van der Waals surface area (Å²) in [6, 6.07) is 12.0. The first kappa shape index (κ1) is 27.7. The number of anilines is 2. The minimum absolute atomic E-state index is 0.0106. The van der Waals surface area contributed by atoms with Crippen molar-refractivity contribution in [3.8, 4) is 11.5 Å². The van der Waals surface area contributed by atoms with E-state index in [1.54, 1.807) is 24.3 Å². The van der Waals surface area contributed by atoms with Crippen molar-refractivity contribution in [3.05, 3.63) is 48.5 Å². The van der Waals surface area contributed by atoms with E-state index >= 15 is 0 Å². The summed E-state index contributed by atoms with van der Waals surface area (Å²) >= 11 is 0. The van der Waals surface area contributed by atoms with Crippen LogP contribution in [-0.2, 0) is 19.2 Å². The molecule has 0 saturated heterocycles. The average Bonchev–Trinajstić information content (AvgIpc) is 2.76. The molecule has 0 radical (unpaired) electrons. The lowest BCUT2D eigenvalue weighted by Crippen LogP contribution is -2.60. The summed E-state index contributed by atoms with van der Waals surface area (Å²) in [7, 11) is 0. The van der Waals surface area contributed by atoms with Crippen molar-refractivity contribution in [2.45, 2.75) is 12.5 Å². The number of nitrogens with zero attached hydrogens (tertiary/aromatic N) is 2. The van der Waals surface area contributed by atoms with Crippen LogP contribution in [0, 0.1) is 0 Å². The van der Waals surface area contributed by atoms with Crippen molar-refractivity contribution in [3.63, 3.8) is 0 Å². The Morgan fingerprint density at radius 1 is 0.611 bits per heavy atom. The summed E-state index contributed by atoms with van der Waals surface area (Å²) in [5.74, 6) is -5.77. The van der Waals surface area contributed by atoms with Crippen LogP contribution < -0.4 is 20.9 Å². The van der Waals surface area contributed by atoms with Gasteiger partial charge in [0, 0.05) is 0 Å². The first-order chi connectivity index (χ1) is 17.0. The van der Waals surface area contributed by atoms with Crippen LogP contribution in [0.3, 0.4) is 0 Å². The number of para-hydroxylation sites is 4. The Morgan fingerprint density at radius 2 is 0.889 bits per heavy atom. The van der Waals surface area contributed by atoms with Gasteiger partial charge in [0.25, 0.3) is 0 Å². The molecule has 2 aromatic carbocycles. The van der Waals surface area contributed by atoms with E-state index < -0.39 is 62.5 Å². The highest BCUT2D eigenvalue weighted by Gasteiger charge is 2.40. The number of hydrogen-bond acceptors (Lipinski definition) is 10. The van der Waals surface area contributed by atoms with Crippen molar-refractivity contribution >= 4 is 35.3 Å². The van der Waals surface area contributed by atoms with Crippen molar-refractivity contribution in [2.24, 2.45) is 0 Å². The molecule has 14 heteroatoms. The maximum atomic E-state index is 11.6. The molecule has 0 aliphatic heterocycles. The van der Waals surface area contributed by atoms with E-state index in [0.717, 1.165) is 9.80 Å². The van der Waals surface area contributed by atoms with Crippen LogP contribution in [0.2, 0.25) is 0 Å². The predicted molar refractivity (Wildman–Crippen MR) is 124 cm³/mol. The molecule has 194 valence electrons. The van der Waals surface area contributed by atoms with Crippen molar-refractivity contribution in [2.75, 3.05) is 37.6 Å². The Hall–Kier alpha value is -4.56. The van der Waals surface area contributed by atoms with Crippen LogP contribution in [0.25, 0.3) is 0 Å². The number of benzene rings is 2. The maximum absolute atomic E-state index is 11.6. The highest BCUT2D eigenvalue weighted by molar-refractivity contribution is 5.73. The Morgan fingerprint density at radius 3 is 1.14 bits per heavy atom. The molecule has 0 spiro atoms. The summed E-state index contributed by atoms with van der Waals surface area (Å²) in [6.07, 6.45) is -3.36. The van der Waals surface area contributed by atoms with Gasteiger partial charge >= 0.3 is 23.9 Å². The zero-order valence-corrected chi connectivity index (χ0v) is 18.9. The lowest BCUT2D eigenvalue weighted by molar-refractivity contribution is -0.167. The van der Waals surface area contributed by atoms with Gasteiger partial charge in [0.05, 0.1) is 11.4 Å². The van der Waals surface area contributed by atoms with Crippen molar-refractivity contribution < 1.29 is 49.1 Å². The van der Waals surface area contributed by atoms with Crippen LogP contribution in [0.1, 0.15) is 0 Å². The topological polar surface area (TPSA) is 226 Å². The molecule has 36 heavy (non-hydrogen) atoms. The number of nitrogen functional groups attached to an aromatic ring is 2. The zero-order chi connectivity index (χ0) is 26.8. The van der Waals surface area contributed by atoms with Crippen molar-refractivity contribution in [1.82, 2.24) is 9.80 Å². The molecule has 2 rings (SSSR count). The second-order valence-corrected chi connectivity index (χ2v) is 7.48. The molecule has 0 heterocycles. The van der Waals surface area contributed by atoms with Gasteiger partial charge in [0.1, 0.15) is 37.7 Å². The number of hydrogen-bond donors (Lipinski definition) is 6. The van der Waals surface area contributed by atoms with Gasteiger partial charge in [0.2, 0.25) is 12.5 Å². The minimum atomic E-state index is -1.68. The number of carbonyl (C=O) groups is 4. The fourth-order valence-corrected chi connectivity index (χ4v) is 3.23. The number of carboxylic acid groups (broad SMARTS) is 4. The first-order valence-corrected chi connectivity index (χ1v) is 10.4. The number of ether oxygens (including phenoxy) is 2. The van der Waals surface area contributed by atoms with Gasteiger partial charge in [0.15, 0.2) is 0 Å². The summed E-state index contributed by atoms with van der Waals surface area (Å²) in [4.78, 5) is 48.1. The molecule has 2 atom stereocenters. The van der Waals surface area contributed by atoms with Crippen LogP contribution in [0.5, 0.6) is 11.5 Å². The summed E-state index contributed by atoms with van der Waals surface area (Å²) in [5, 5.41) is 37.7. The molecule has 0 aromatic heterocycles. The van der Waals surface area contributed by atoms with E-state index in [9.17, 15) is 39.6 Å². The summed E-state index contributed by atoms with van der Waals surface area (Å²) in [6.45, 7) is -3.55. The lowest BCUT2D eigenvalue weighted by atomic mass is 10.2. The van der Waals surface area contributed by atoms with E-state index in [-0.39, 0.29) is 22.9 Å². The van der Waals surface area contributed by atoms with Gasteiger partial charge in [-0.1, -0.05) is 24.3 Å². The maximum Gasteiger partial charge on any atom is 0.317 e. The van der Waals surface area contributed by atoms with Crippen LogP contribution in [0.15, 0.2) is 48.5 Å². The Kier molecular flexibility index (Phi) is 9.83. The second-order valence-electron chi connectivity index (χ2n) is 7.48. The fraction of sp³-hybridized carbons (Fsp3) is 0.273.